The van der Waals surface area contributed by atoms with Crippen molar-refractivity contribution in [3.05, 3.63) is 43.0 Å². The number of hydrogen-bond donors (Lipinski definition) is 5. The number of aromatic amines is 1. The number of aryl methyl sites for hydroxylation is 1. The summed E-state index contributed by atoms with van der Waals surface area (Å²) in [6.45, 7) is -3.31. The Labute approximate surface area is 177 Å². The lowest BCUT2D eigenvalue weighted by atomic mass is 9.99. The highest BCUT2D eigenvalue weighted by molar-refractivity contribution is 5.73. The van der Waals surface area contributed by atoms with Crippen molar-refractivity contribution in [3.63, 3.8) is 0 Å². The average Bonchev–Trinajstić information content (AvgIpc) is 3.13. The van der Waals surface area contributed by atoms with Gasteiger partial charge in [0.15, 0.2) is 12.4 Å². The molecular formula is C16H21N5O10. The monoisotopic (exact) mass is 446 g/mol. The van der Waals surface area contributed by atoms with Crippen LogP contribution in [0.1, 0.15) is 22.3 Å². The number of rotatable bonds is 6. The van der Waals surface area contributed by atoms with Crippen molar-refractivity contribution in [2.24, 2.45) is 5.11 Å². The third kappa shape index (κ3) is 4.62. The van der Waals surface area contributed by atoms with Gasteiger partial charge in [-0.3, -0.25) is 14.3 Å². The molecular weight excluding hydrogens is 422 g/mol. The van der Waals surface area contributed by atoms with Gasteiger partial charge in [-0.05, 0) is 12.4 Å². The van der Waals surface area contributed by atoms with Crippen LogP contribution in [0.4, 0.5) is 0 Å². The number of carboxylic acids is 1. The van der Waals surface area contributed by atoms with E-state index in [1.54, 1.807) is 0 Å². The number of aromatic nitrogens is 2. The van der Waals surface area contributed by atoms with Gasteiger partial charge in [-0.1, -0.05) is 5.11 Å². The summed E-state index contributed by atoms with van der Waals surface area (Å²) in [5.74, 6) is -1.61. The molecule has 0 bridgehead atoms. The number of nitrogens with one attached hydrogen (secondary N) is 1. The lowest BCUT2D eigenvalue weighted by molar-refractivity contribution is -0.298. The largest absolute Gasteiger partial charge is 0.479 e. The Hall–Kier alpha value is -2.78. The summed E-state index contributed by atoms with van der Waals surface area (Å²) in [4.78, 5) is 39.9. The summed E-state index contributed by atoms with van der Waals surface area (Å²) in [5.41, 5.74) is 6.11. The Morgan fingerprint density at radius 3 is 2.77 bits per heavy atom. The number of carbonyl (C=O) groups is 1. The normalized spacial score (nSPS) is 37.3. The van der Waals surface area contributed by atoms with Crippen LogP contribution in [0.3, 0.4) is 0 Å². The third-order valence-corrected chi connectivity index (χ3v) is 4.92. The quantitative estimate of drug-likeness (QED) is 0.178. The summed E-state index contributed by atoms with van der Waals surface area (Å²) < 4.78 is 39.1. The van der Waals surface area contributed by atoms with Gasteiger partial charge in [0.25, 0.3) is 5.56 Å². The summed E-state index contributed by atoms with van der Waals surface area (Å²) in [6.07, 6.45) is -10.8. The summed E-state index contributed by atoms with van der Waals surface area (Å²) >= 11 is 0. The van der Waals surface area contributed by atoms with E-state index in [4.69, 9.17) is 29.0 Å². The first-order valence-electron chi connectivity index (χ1n) is 10.4. The van der Waals surface area contributed by atoms with Crippen LogP contribution in [0.15, 0.2) is 20.9 Å². The molecule has 3 rings (SSSR count). The molecule has 15 heteroatoms. The standard InChI is InChI=1S/C16H21N5O10/c1-5-3-21(16(28)18-13(5)25)8-2-6(19-20-17)7(30-8)4-29-15-11(24)9(22)10(23)12(31-15)14(26)27/h3,6-12,15,22-24H,2,4H2,1H3,(H,26,27)(H,18,25,28)/t6-,7-,8-,9-,10+,11?,12?,15-/m1/s1/i1D3. The fourth-order valence-electron chi connectivity index (χ4n) is 3.30. The van der Waals surface area contributed by atoms with E-state index in [9.17, 15) is 29.7 Å². The van der Waals surface area contributed by atoms with Crippen molar-refractivity contribution in [1.29, 1.82) is 0 Å². The Balaban J connectivity index is 1.79. The highest BCUT2D eigenvalue weighted by Gasteiger charge is 2.48. The van der Waals surface area contributed by atoms with Crippen molar-refractivity contribution in [1.82, 2.24) is 9.55 Å². The molecule has 3 heterocycles. The van der Waals surface area contributed by atoms with Crippen molar-refractivity contribution >= 4 is 5.97 Å². The molecule has 0 radical (unpaired) electrons. The lowest BCUT2D eigenvalue weighted by Crippen LogP contribution is -2.60. The number of ether oxygens (including phenoxy) is 3. The minimum Gasteiger partial charge on any atom is -0.479 e. The van der Waals surface area contributed by atoms with Gasteiger partial charge in [-0.15, -0.1) is 0 Å². The zero-order valence-electron chi connectivity index (χ0n) is 18.6. The first kappa shape index (κ1) is 18.9. The van der Waals surface area contributed by atoms with Crippen molar-refractivity contribution < 1.29 is 43.5 Å². The number of hydrogen-bond acceptors (Lipinski definition) is 10. The number of azide groups is 1. The second kappa shape index (κ2) is 9.15. The Morgan fingerprint density at radius 2 is 2.13 bits per heavy atom. The Morgan fingerprint density at radius 1 is 1.39 bits per heavy atom. The van der Waals surface area contributed by atoms with Gasteiger partial charge in [0, 0.05) is 27.2 Å². The van der Waals surface area contributed by atoms with E-state index in [0.29, 0.717) is 0 Å². The third-order valence-electron chi connectivity index (χ3n) is 4.92. The number of H-pyrrole nitrogens is 1. The van der Waals surface area contributed by atoms with Crippen LogP contribution in [-0.4, -0.2) is 85.4 Å². The molecule has 0 aliphatic carbocycles. The lowest BCUT2D eigenvalue weighted by Gasteiger charge is -2.38. The summed E-state index contributed by atoms with van der Waals surface area (Å²) in [7, 11) is 0. The number of aliphatic hydroxyl groups is 3. The minimum atomic E-state index is -2.82. The van der Waals surface area contributed by atoms with E-state index >= 15 is 0 Å². The van der Waals surface area contributed by atoms with Crippen molar-refractivity contribution in [2.45, 2.75) is 62.4 Å². The first-order valence-corrected chi connectivity index (χ1v) is 8.94. The van der Waals surface area contributed by atoms with Gasteiger partial charge in [-0.25, -0.2) is 9.59 Å². The zero-order chi connectivity index (χ0) is 25.4. The van der Waals surface area contributed by atoms with E-state index < -0.39 is 85.3 Å². The maximum absolute atomic E-state index is 12.2. The molecule has 2 saturated heterocycles. The van der Waals surface area contributed by atoms with Gasteiger partial charge in [-0.2, -0.15) is 0 Å². The van der Waals surface area contributed by atoms with Crippen LogP contribution in [0.25, 0.3) is 10.4 Å². The van der Waals surface area contributed by atoms with Crippen LogP contribution in [0, 0.1) is 6.85 Å². The van der Waals surface area contributed by atoms with E-state index in [1.165, 1.54) is 0 Å². The number of nitrogens with zero attached hydrogens (tertiary/aromatic N) is 4. The molecule has 0 saturated carbocycles. The number of aliphatic hydroxyl groups excluding tert-OH is 3. The highest BCUT2D eigenvalue weighted by Crippen LogP contribution is 2.31. The number of carboxylic acid groups (broad SMARTS) is 1. The van der Waals surface area contributed by atoms with Gasteiger partial charge >= 0.3 is 11.7 Å². The molecule has 2 aliphatic rings. The molecule has 0 aromatic carbocycles. The van der Waals surface area contributed by atoms with Crippen molar-refractivity contribution in [3.8, 4) is 0 Å². The second-order valence-electron chi connectivity index (χ2n) is 6.91. The summed E-state index contributed by atoms with van der Waals surface area (Å²) in [5, 5.41) is 42.3. The highest BCUT2D eigenvalue weighted by atomic mass is 16.7. The van der Waals surface area contributed by atoms with E-state index in [2.05, 4.69) is 10.0 Å². The fraction of sp³-hybridized carbons (Fsp3) is 0.688. The topological polar surface area (TPSA) is 229 Å². The smallest absolute Gasteiger partial charge is 0.335 e. The molecule has 0 amide bonds. The average molecular weight is 446 g/mol. The van der Waals surface area contributed by atoms with Crippen LogP contribution in [-0.2, 0) is 19.0 Å². The molecule has 2 unspecified atom stereocenters. The predicted octanol–water partition coefficient (Wildman–Crippen LogP) is -2.28. The van der Waals surface area contributed by atoms with Gasteiger partial charge in [0.05, 0.1) is 18.8 Å². The molecule has 31 heavy (non-hydrogen) atoms. The van der Waals surface area contributed by atoms with E-state index in [1.807, 2.05) is 4.98 Å². The minimum absolute atomic E-state index is 0.127. The SMILES string of the molecule is [2H]C([2H])([2H])c1cn([C@H]2C[C@@H](N=[N+]=[N-])[C@@H](CO[C@@H]3OC(C(=O)O)[C@@H](O)[C@@H](O)C3O)O2)c(=O)[nH]c1=O. The molecule has 8 atom stereocenters. The Kier molecular flexibility index (Phi) is 5.59. The first-order chi connectivity index (χ1) is 15.8. The van der Waals surface area contributed by atoms with Gasteiger partial charge < -0.3 is 34.6 Å². The molecule has 5 N–H and O–H groups in total. The molecule has 1 aromatic heterocycles. The van der Waals surface area contributed by atoms with Crippen LogP contribution < -0.4 is 11.2 Å². The molecule has 15 nitrogen and oxygen atoms in total. The fourth-order valence-corrected chi connectivity index (χ4v) is 3.30. The predicted molar refractivity (Wildman–Crippen MR) is 97.8 cm³/mol. The molecule has 0 spiro atoms. The maximum atomic E-state index is 12.2. The molecule has 2 fully saturated rings. The Bertz CT molecular complexity index is 1090. The van der Waals surface area contributed by atoms with Crippen LogP contribution >= 0.6 is 0 Å². The molecule has 2 aliphatic heterocycles. The van der Waals surface area contributed by atoms with Gasteiger partial charge in [0.2, 0.25) is 0 Å². The molecule has 170 valence electrons. The maximum Gasteiger partial charge on any atom is 0.335 e. The number of aliphatic carboxylic acids is 1. The van der Waals surface area contributed by atoms with Gasteiger partial charge in [0.1, 0.15) is 24.5 Å². The summed E-state index contributed by atoms with van der Waals surface area (Å²) in [6, 6.07) is -0.962. The van der Waals surface area contributed by atoms with Crippen LogP contribution in [0.2, 0.25) is 0 Å². The van der Waals surface area contributed by atoms with E-state index in [0.717, 1.165) is 10.8 Å². The zero-order valence-corrected chi connectivity index (χ0v) is 15.6. The van der Waals surface area contributed by atoms with Crippen LogP contribution in [0.5, 0.6) is 0 Å². The second-order valence-corrected chi connectivity index (χ2v) is 6.91. The van der Waals surface area contributed by atoms with Crippen molar-refractivity contribution in [2.75, 3.05) is 6.61 Å². The van der Waals surface area contributed by atoms with E-state index in [-0.39, 0.29) is 6.42 Å². The molecule has 1 aromatic rings.